The van der Waals surface area contributed by atoms with E-state index in [-0.39, 0.29) is 11.7 Å². The quantitative estimate of drug-likeness (QED) is 0.654. The van der Waals surface area contributed by atoms with Crippen LogP contribution in [0.25, 0.3) is 0 Å². The van der Waals surface area contributed by atoms with Crippen LogP contribution in [0.5, 0.6) is 0 Å². The summed E-state index contributed by atoms with van der Waals surface area (Å²) in [5, 5.41) is 2.90. The highest BCUT2D eigenvalue weighted by Crippen LogP contribution is 2.21. The molecule has 130 valence electrons. The van der Waals surface area contributed by atoms with Crippen LogP contribution < -0.4 is 5.32 Å². The lowest BCUT2D eigenvalue weighted by atomic mass is 9.99. The van der Waals surface area contributed by atoms with E-state index < -0.39 is 0 Å². The molecule has 1 amide bonds. The number of amides is 1. The van der Waals surface area contributed by atoms with Crippen LogP contribution in [0.2, 0.25) is 0 Å². The largest absolute Gasteiger partial charge is 0.325 e. The van der Waals surface area contributed by atoms with Gasteiger partial charge in [-0.15, -0.1) is 0 Å². The van der Waals surface area contributed by atoms with E-state index in [1.165, 1.54) is 0 Å². The number of nitrogens with one attached hydrogen (secondary N) is 1. The molecule has 3 aromatic rings. The van der Waals surface area contributed by atoms with Gasteiger partial charge in [-0.1, -0.05) is 72.3 Å². The van der Waals surface area contributed by atoms with Gasteiger partial charge in [-0.2, -0.15) is 0 Å². The molecular weight excluding hydrogens is 322 g/mol. The summed E-state index contributed by atoms with van der Waals surface area (Å²) in [4.78, 5) is 25.2. The summed E-state index contributed by atoms with van der Waals surface area (Å²) in [6, 6.07) is 24.5. The molecule has 1 N–H and O–H groups in total. The molecule has 0 unspecified atom stereocenters. The van der Waals surface area contributed by atoms with Gasteiger partial charge in [0.2, 0.25) is 5.91 Å². The Bertz CT molecular complexity index is 902. The van der Waals surface area contributed by atoms with Gasteiger partial charge in [-0.3, -0.25) is 9.59 Å². The molecule has 0 atom stereocenters. The van der Waals surface area contributed by atoms with Crippen LogP contribution in [0, 0.1) is 6.92 Å². The second-order valence-electron chi connectivity index (χ2n) is 6.28. The molecule has 3 rings (SSSR count). The van der Waals surface area contributed by atoms with Crippen molar-refractivity contribution in [2.45, 2.75) is 19.8 Å². The van der Waals surface area contributed by atoms with Crippen LogP contribution in [-0.4, -0.2) is 11.7 Å². The van der Waals surface area contributed by atoms with E-state index in [0.717, 1.165) is 11.1 Å². The SMILES string of the molecule is Cc1ccc(NC(=O)CCc2ccccc2)c(C(=O)c2ccccc2)c1. The van der Waals surface area contributed by atoms with E-state index in [1.54, 1.807) is 18.2 Å². The molecule has 0 saturated heterocycles. The minimum atomic E-state index is -0.0974. The molecule has 0 aliphatic rings. The molecule has 0 radical (unpaired) electrons. The molecule has 3 aromatic carbocycles. The van der Waals surface area contributed by atoms with Gasteiger partial charge in [0.15, 0.2) is 5.78 Å². The van der Waals surface area contributed by atoms with Gasteiger partial charge < -0.3 is 5.32 Å². The normalized spacial score (nSPS) is 10.3. The molecule has 0 aliphatic heterocycles. The number of benzene rings is 3. The smallest absolute Gasteiger partial charge is 0.224 e. The number of ketones is 1. The van der Waals surface area contributed by atoms with Gasteiger partial charge in [0, 0.05) is 17.5 Å². The van der Waals surface area contributed by atoms with Crippen molar-refractivity contribution in [3.63, 3.8) is 0 Å². The van der Waals surface area contributed by atoms with Crippen molar-refractivity contribution in [3.8, 4) is 0 Å². The van der Waals surface area contributed by atoms with Crippen LogP contribution in [-0.2, 0) is 11.2 Å². The van der Waals surface area contributed by atoms with Crippen LogP contribution in [0.15, 0.2) is 78.9 Å². The Hall–Kier alpha value is -3.20. The van der Waals surface area contributed by atoms with E-state index in [4.69, 9.17) is 0 Å². The van der Waals surface area contributed by atoms with Crippen molar-refractivity contribution in [3.05, 3.63) is 101 Å². The Kier molecular flexibility index (Phi) is 5.59. The summed E-state index contributed by atoms with van der Waals surface area (Å²) in [6.07, 6.45) is 1.04. The first kappa shape index (κ1) is 17.6. The third-order valence-electron chi connectivity index (χ3n) is 4.21. The Morgan fingerprint density at radius 2 is 1.50 bits per heavy atom. The molecule has 3 nitrogen and oxygen atoms in total. The topological polar surface area (TPSA) is 46.2 Å². The number of carbonyl (C=O) groups is 2. The lowest BCUT2D eigenvalue weighted by molar-refractivity contribution is -0.116. The highest BCUT2D eigenvalue weighted by molar-refractivity contribution is 6.13. The molecule has 26 heavy (non-hydrogen) atoms. The maximum absolute atomic E-state index is 12.8. The molecule has 0 fully saturated rings. The van der Waals surface area contributed by atoms with Crippen molar-refractivity contribution in [2.75, 3.05) is 5.32 Å². The fraction of sp³-hybridized carbons (Fsp3) is 0.130. The highest BCUT2D eigenvalue weighted by atomic mass is 16.1. The highest BCUT2D eigenvalue weighted by Gasteiger charge is 2.15. The average molecular weight is 343 g/mol. The second kappa shape index (κ2) is 8.26. The van der Waals surface area contributed by atoms with E-state index in [1.807, 2.05) is 67.6 Å². The monoisotopic (exact) mass is 343 g/mol. The first-order chi connectivity index (χ1) is 12.6. The van der Waals surface area contributed by atoms with Crippen LogP contribution >= 0.6 is 0 Å². The minimum Gasteiger partial charge on any atom is -0.325 e. The molecular formula is C23H21NO2. The van der Waals surface area contributed by atoms with Crippen molar-refractivity contribution in [2.24, 2.45) is 0 Å². The van der Waals surface area contributed by atoms with Gasteiger partial charge in [-0.25, -0.2) is 0 Å². The minimum absolute atomic E-state index is 0.0901. The van der Waals surface area contributed by atoms with Crippen LogP contribution in [0.4, 0.5) is 5.69 Å². The molecule has 0 bridgehead atoms. The zero-order valence-corrected chi connectivity index (χ0v) is 14.7. The van der Waals surface area contributed by atoms with Crippen LogP contribution in [0.1, 0.15) is 33.5 Å². The van der Waals surface area contributed by atoms with E-state index in [9.17, 15) is 9.59 Å². The molecule has 3 heteroatoms. The number of carbonyl (C=O) groups excluding carboxylic acids is 2. The maximum Gasteiger partial charge on any atom is 0.224 e. The molecule has 0 saturated carbocycles. The van der Waals surface area contributed by atoms with Crippen molar-refractivity contribution >= 4 is 17.4 Å². The Balaban J connectivity index is 1.75. The van der Waals surface area contributed by atoms with Gasteiger partial charge in [0.1, 0.15) is 0 Å². The van der Waals surface area contributed by atoms with Crippen molar-refractivity contribution < 1.29 is 9.59 Å². The zero-order chi connectivity index (χ0) is 18.4. The number of hydrogen-bond donors (Lipinski definition) is 1. The van der Waals surface area contributed by atoms with Gasteiger partial charge in [0.25, 0.3) is 0 Å². The van der Waals surface area contributed by atoms with E-state index >= 15 is 0 Å². The lowest BCUT2D eigenvalue weighted by Gasteiger charge is -2.12. The molecule has 0 aromatic heterocycles. The predicted octanol–water partition coefficient (Wildman–Crippen LogP) is 4.80. The number of hydrogen-bond acceptors (Lipinski definition) is 2. The fourth-order valence-electron chi connectivity index (χ4n) is 2.82. The predicted molar refractivity (Wildman–Crippen MR) is 104 cm³/mol. The summed E-state index contributed by atoms with van der Waals surface area (Å²) in [7, 11) is 0. The molecule has 0 heterocycles. The standard InChI is InChI=1S/C23H21NO2/c1-17-12-14-21(20(16-17)23(26)19-10-6-3-7-11-19)24-22(25)15-13-18-8-4-2-5-9-18/h2-12,14,16H,13,15H2,1H3,(H,24,25). The third kappa shape index (κ3) is 4.45. The Morgan fingerprint density at radius 1 is 0.846 bits per heavy atom. The third-order valence-corrected chi connectivity index (χ3v) is 4.21. The summed E-state index contributed by atoms with van der Waals surface area (Å²) in [5.74, 6) is -0.188. The van der Waals surface area contributed by atoms with Crippen molar-refractivity contribution in [1.29, 1.82) is 0 Å². The summed E-state index contributed by atoms with van der Waals surface area (Å²) < 4.78 is 0. The van der Waals surface area contributed by atoms with Gasteiger partial charge in [0.05, 0.1) is 5.69 Å². The fourth-order valence-corrected chi connectivity index (χ4v) is 2.82. The second-order valence-corrected chi connectivity index (χ2v) is 6.28. The summed E-state index contributed by atoms with van der Waals surface area (Å²) in [5.41, 5.74) is 3.78. The first-order valence-corrected chi connectivity index (χ1v) is 8.67. The van der Waals surface area contributed by atoms with E-state index in [0.29, 0.717) is 29.7 Å². The number of aryl methyl sites for hydroxylation is 2. The Labute approximate surface area is 153 Å². The molecule has 0 aliphatic carbocycles. The number of rotatable bonds is 6. The number of anilines is 1. The van der Waals surface area contributed by atoms with Crippen molar-refractivity contribution in [1.82, 2.24) is 0 Å². The zero-order valence-electron chi connectivity index (χ0n) is 14.7. The molecule has 0 spiro atoms. The average Bonchev–Trinajstić information content (AvgIpc) is 2.69. The van der Waals surface area contributed by atoms with E-state index in [2.05, 4.69) is 5.32 Å². The van der Waals surface area contributed by atoms with Crippen LogP contribution in [0.3, 0.4) is 0 Å². The first-order valence-electron chi connectivity index (χ1n) is 8.67. The van der Waals surface area contributed by atoms with Gasteiger partial charge >= 0.3 is 0 Å². The summed E-state index contributed by atoms with van der Waals surface area (Å²) >= 11 is 0. The lowest BCUT2D eigenvalue weighted by Crippen LogP contribution is -2.15. The summed E-state index contributed by atoms with van der Waals surface area (Å²) in [6.45, 7) is 1.93. The Morgan fingerprint density at radius 3 is 2.19 bits per heavy atom. The maximum atomic E-state index is 12.8. The van der Waals surface area contributed by atoms with Gasteiger partial charge in [-0.05, 0) is 31.0 Å².